The molecule has 1 unspecified atom stereocenters. The van der Waals surface area contributed by atoms with Crippen LogP contribution in [0.15, 0.2) is 29.2 Å². The van der Waals surface area contributed by atoms with Crippen LogP contribution in [0.1, 0.15) is 0 Å². The average Bonchev–Trinajstić information content (AvgIpc) is 2.28. The molecule has 7 heteroatoms. The van der Waals surface area contributed by atoms with Crippen LogP contribution in [0.3, 0.4) is 0 Å². The molecule has 0 aliphatic carbocycles. The predicted molar refractivity (Wildman–Crippen MR) is 70.1 cm³/mol. The molecule has 1 aromatic rings. The highest BCUT2D eigenvalue weighted by Crippen LogP contribution is 2.19. The van der Waals surface area contributed by atoms with E-state index in [2.05, 4.69) is 10.0 Å². The fourth-order valence-electron chi connectivity index (χ4n) is 1.31. The number of hydrogen-bond acceptors (Lipinski definition) is 4. The number of hydrogen-bond donors (Lipinski definition) is 2. The maximum Gasteiger partial charge on any atom is 0.242 e. The Bertz CT molecular complexity index is 500. The number of sulfonamides is 1. The molecule has 96 valence electrons. The van der Waals surface area contributed by atoms with Crippen LogP contribution in [0.2, 0.25) is 0 Å². The molecule has 1 atom stereocenters. The lowest BCUT2D eigenvalue weighted by molar-refractivity contribution is 0.584. The average molecular weight is 276 g/mol. The quantitative estimate of drug-likeness (QED) is 0.788. The Morgan fingerprint density at radius 1 is 1.29 bits per heavy atom. The molecule has 17 heavy (non-hydrogen) atoms. The summed E-state index contributed by atoms with van der Waals surface area (Å²) in [7, 11) is -2.89. The second kappa shape index (κ2) is 6.13. The van der Waals surface area contributed by atoms with Gasteiger partial charge in [-0.15, -0.1) is 0 Å². The molecule has 1 rings (SSSR count). The van der Waals surface area contributed by atoms with Crippen LogP contribution < -0.4 is 10.0 Å². The van der Waals surface area contributed by atoms with Crippen molar-refractivity contribution in [2.75, 3.05) is 30.9 Å². The summed E-state index contributed by atoms with van der Waals surface area (Å²) >= 11 is 0. The summed E-state index contributed by atoms with van der Waals surface area (Å²) in [4.78, 5) is 0.199. The molecular weight excluding hydrogens is 260 g/mol. The molecule has 0 fully saturated rings. The van der Waals surface area contributed by atoms with E-state index >= 15 is 0 Å². The third-order valence-corrected chi connectivity index (χ3v) is 4.43. The first-order chi connectivity index (χ1) is 7.97. The molecule has 0 aliphatic rings. The van der Waals surface area contributed by atoms with Gasteiger partial charge in [0, 0.05) is 36.4 Å². The summed E-state index contributed by atoms with van der Waals surface area (Å²) in [5.74, 6) is 0.306. The molecule has 2 N–H and O–H groups in total. The number of benzene rings is 1. The van der Waals surface area contributed by atoms with Crippen molar-refractivity contribution in [2.24, 2.45) is 0 Å². The standard InChI is InChI=1S/C10H16N2O3S2/c1-11-9-5-3-4-6-10(9)17(14,15)12-7-8-16(2)13/h3-6,11-12H,7-8H2,1-2H3. The summed E-state index contributed by atoms with van der Waals surface area (Å²) in [6.45, 7) is 0.170. The van der Waals surface area contributed by atoms with Crippen molar-refractivity contribution in [3.05, 3.63) is 24.3 Å². The maximum atomic E-state index is 11.9. The minimum atomic E-state index is -3.55. The van der Waals surface area contributed by atoms with E-state index in [0.717, 1.165) is 0 Å². The molecule has 1 aromatic carbocycles. The van der Waals surface area contributed by atoms with Gasteiger partial charge in [-0.05, 0) is 12.1 Å². The van der Waals surface area contributed by atoms with E-state index in [1.54, 1.807) is 25.2 Å². The van der Waals surface area contributed by atoms with Crippen molar-refractivity contribution < 1.29 is 12.6 Å². The lowest BCUT2D eigenvalue weighted by Gasteiger charge is -2.10. The fraction of sp³-hybridized carbons (Fsp3) is 0.400. The molecule has 0 aromatic heterocycles. The van der Waals surface area contributed by atoms with Crippen molar-refractivity contribution in [2.45, 2.75) is 4.90 Å². The molecule has 0 amide bonds. The van der Waals surface area contributed by atoms with E-state index in [9.17, 15) is 12.6 Å². The highest BCUT2D eigenvalue weighted by molar-refractivity contribution is 7.89. The zero-order chi connectivity index (χ0) is 12.9. The van der Waals surface area contributed by atoms with Crippen LogP contribution in [0, 0.1) is 0 Å². The fourth-order valence-corrected chi connectivity index (χ4v) is 3.07. The first-order valence-electron chi connectivity index (χ1n) is 5.04. The van der Waals surface area contributed by atoms with Crippen molar-refractivity contribution in [3.63, 3.8) is 0 Å². The van der Waals surface area contributed by atoms with Crippen LogP contribution in [-0.4, -0.2) is 38.2 Å². The predicted octanol–water partition coefficient (Wildman–Crippen LogP) is 0.385. The molecule has 0 spiro atoms. The number of anilines is 1. The summed E-state index contributed by atoms with van der Waals surface area (Å²) in [5.41, 5.74) is 0.539. The van der Waals surface area contributed by atoms with Gasteiger partial charge < -0.3 is 5.32 Å². The highest BCUT2D eigenvalue weighted by Gasteiger charge is 2.16. The zero-order valence-electron chi connectivity index (χ0n) is 9.76. The summed E-state index contributed by atoms with van der Waals surface area (Å²) < 4.78 is 37.2. The second-order valence-corrected chi connectivity index (χ2v) is 6.71. The van der Waals surface area contributed by atoms with Gasteiger partial charge in [0.25, 0.3) is 0 Å². The Balaban J connectivity index is 2.86. The first kappa shape index (κ1) is 14.1. The molecule has 0 aliphatic heterocycles. The number of rotatable bonds is 6. The van der Waals surface area contributed by atoms with Crippen LogP contribution in [0.5, 0.6) is 0 Å². The monoisotopic (exact) mass is 276 g/mol. The molecular formula is C10H16N2O3S2. The van der Waals surface area contributed by atoms with Gasteiger partial charge in [-0.25, -0.2) is 13.1 Å². The highest BCUT2D eigenvalue weighted by atomic mass is 32.2. The topological polar surface area (TPSA) is 75.3 Å². The van der Waals surface area contributed by atoms with Crippen LogP contribution >= 0.6 is 0 Å². The lowest BCUT2D eigenvalue weighted by Crippen LogP contribution is -2.28. The van der Waals surface area contributed by atoms with Gasteiger partial charge in [0.2, 0.25) is 10.0 Å². The maximum absolute atomic E-state index is 11.9. The third-order valence-electron chi connectivity index (χ3n) is 2.13. The largest absolute Gasteiger partial charge is 0.387 e. The smallest absolute Gasteiger partial charge is 0.242 e. The Hall–Kier alpha value is -0.920. The van der Waals surface area contributed by atoms with Gasteiger partial charge in [0.15, 0.2) is 0 Å². The molecule has 0 bridgehead atoms. The summed E-state index contributed by atoms with van der Waals surface area (Å²) in [6, 6.07) is 6.63. The van der Waals surface area contributed by atoms with Crippen LogP contribution in [0.25, 0.3) is 0 Å². The van der Waals surface area contributed by atoms with E-state index in [1.165, 1.54) is 12.3 Å². The Morgan fingerprint density at radius 3 is 2.53 bits per heavy atom. The van der Waals surface area contributed by atoms with Gasteiger partial charge in [-0.1, -0.05) is 12.1 Å². The van der Waals surface area contributed by atoms with Crippen molar-refractivity contribution in [1.82, 2.24) is 4.72 Å². The SMILES string of the molecule is CNc1ccccc1S(=O)(=O)NCCS(C)=O. The van der Waals surface area contributed by atoms with E-state index in [4.69, 9.17) is 0 Å². The van der Waals surface area contributed by atoms with E-state index in [-0.39, 0.29) is 11.4 Å². The van der Waals surface area contributed by atoms with Gasteiger partial charge in [0.05, 0.1) is 5.69 Å². The van der Waals surface area contributed by atoms with Gasteiger partial charge >= 0.3 is 0 Å². The minimum absolute atomic E-state index is 0.170. The Kier molecular flexibility index (Phi) is 5.10. The third kappa shape index (κ3) is 4.10. The number of nitrogens with one attached hydrogen (secondary N) is 2. The number of para-hydroxylation sites is 1. The molecule has 5 nitrogen and oxygen atoms in total. The molecule has 0 radical (unpaired) electrons. The summed E-state index contributed by atoms with van der Waals surface area (Å²) in [5, 5.41) is 2.82. The van der Waals surface area contributed by atoms with Gasteiger partial charge in [0.1, 0.15) is 4.90 Å². The molecule has 0 heterocycles. The van der Waals surface area contributed by atoms with E-state index in [1.807, 2.05) is 0 Å². The van der Waals surface area contributed by atoms with Crippen molar-refractivity contribution in [1.29, 1.82) is 0 Å². The second-order valence-electron chi connectivity index (χ2n) is 3.42. The zero-order valence-corrected chi connectivity index (χ0v) is 11.4. The minimum Gasteiger partial charge on any atom is -0.387 e. The van der Waals surface area contributed by atoms with E-state index in [0.29, 0.717) is 11.4 Å². The Morgan fingerprint density at radius 2 is 1.94 bits per heavy atom. The molecule has 0 saturated carbocycles. The van der Waals surface area contributed by atoms with Crippen molar-refractivity contribution >= 4 is 26.5 Å². The van der Waals surface area contributed by atoms with Gasteiger partial charge in [-0.2, -0.15) is 0 Å². The first-order valence-corrected chi connectivity index (χ1v) is 8.25. The van der Waals surface area contributed by atoms with Gasteiger partial charge in [-0.3, -0.25) is 4.21 Å². The summed E-state index contributed by atoms with van der Waals surface area (Å²) in [6.07, 6.45) is 1.54. The molecule has 0 saturated heterocycles. The lowest BCUT2D eigenvalue weighted by atomic mass is 10.3. The normalized spacial score (nSPS) is 13.3. The van der Waals surface area contributed by atoms with Crippen molar-refractivity contribution in [3.8, 4) is 0 Å². The Labute approximate surface area is 104 Å². The van der Waals surface area contributed by atoms with Crippen LogP contribution in [0.4, 0.5) is 5.69 Å². The van der Waals surface area contributed by atoms with Crippen LogP contribution in [-0.2, 0) is 20.8 Å². The van der Waals surface area contributed by atoms with E-state index < -0.39 is 20.8 Å².